The first-order valence-electron chi connectivity index (χ1n) is 6.67. The molecule has 2 aliphatic rings. The summed E-state index contributed by atoms with van der Waals surface area (Å²) in [6.45, 7) is 4.80. The zero-order valence-electron chi connectivity index (χ0n) is 11.2. The smallest absolute Gasteiger partial charge is 0.251 e. The molecule has 2 fully saturated rings. The number of aliphatic hydroxyl groups excluding tert-OH is 2. The van der Waals surface area contributed by atoms with Crippen molar-refractivity contribution in [1.82, 2.24) is 10.6 Å². The fourth-order valence-corrected chi connectivity index (χ4v) is 2.55. The number of fused-ring (bicyclic) bond motifs is 1. The van der Waals surface area contributed by atoms with E-state index in [4.69, 9.17) is 4.74 Å². The van der Waals surface area contributed by atoms with E-state index in [9.17, 15) is 15.0 Å². The summed E-state index contributed by atoms with van der Waals surface area (Å²) in [7, 11) is 0. The highest BCUT2D eigenvalue weighted by molar-refractivity contribution is 5.86. The van der Waals surface area contributed by atoms with E-state index in [0.29, 0.717) is 19.5 Å². The molecule has 0 radical (unpaired) electrons. The van der Waals surface area contributed by atoms with Gasteiger partial charge >= 0.3 is 0 Å². The molecule has 0 aromatic rings. The number of likely N-dealkylation sites (N-methyl/N-ethyl adjacent to an activating group) is 1. The number of aliphatic hydroxyl groups is 2. The van der Waals surface area contributed by atoms with Crippen LogP contribution in [0.3, 0.4) is 0 Å². The summed E-state index contributed by atoms with van der Waals surface area (Å²) in [6, 6.07) is -0.411. The fourth-order valence-electron chi connectivity index (χ4n) is 2.55. The topological polar surface area (TPSA) is 103 Å². The largest absolute Gasteiger partial charge is 0.388 e. The lowest BCUT2D eigenvalue weighted by Crippen LogP contribution is -2.62. The number of nitrogens with zero attached hydrogens (tertiary/aromatic N) is 1. The van der Waals surface area contributed by atoms with Crippen molar-refractivity contribution in [3.63, 3.8) is 0 Å². The number of amidine groups is 1. The predicted molar refractivity (Wildman–Crippen MR) is 68.9 cm³/mol. The van der Waals surface area contributed by atoms with Gasteiger partial charge in [-0.1, -0.05) is 0 Å². The van der Waals surface area contributed by atoms with Crippen LogP contribution in [0, 0.1) is 0 Å². The monoisotopic (exact) mass is 271 g/mol. The lowest BCUT2D eigenvalue weighted by atomic mass is 9.93. The van der Waals surface area contributed by atoms with E-state index in [1.54, 1.807) is 6.92 Å². The van der Waals surface area contributed by atoms with Gasteiger partial charge in [-0.2, -0.15) is 0 Å². The Morgan fingerprint density at radius 2 is 2.21 bits per heavy atom. The molecule has 19 heavy (non-hydrogen) atoms. The molecule has 0 spiro atoms. The minimum absolute atomic E-state index is 0.337. The maximum Gasteiger partial charge on any atom is 0.251 e. The van der Waals surface area contributed by atoms with Crippen molar-refractivity contribution in [2.45, 2.75) is 50.7 Å². The van der Waals surface area contributed by atoms with Gasteiger partial charge in [0.25, 0.3) is 5.91 Å². The minimum Gasteiger partial charge on any atom is -0.388 e. The maximum atomic E-state index is 11.8. The number of hydrogen-bond acceptors (Lipinski definition) is 5. The molecular formula is C12H21N3O4. The second kappa shape index (κ2) is 5.85. The van der Waals surface area contributed by atoms with Crippen molar-refractivity contribution >= 4 is 11.7 Å². The van der Waals surface area contributed by atoms with Gasteiger partial charge in [0.2, 0.25) is 0 Å². The first-order valence-corrected chi connectivity index (χ1v) is 6.67. The predicted octanol–water partition coefficient (Wildman–Crippen LogP) is -1.61. The van der Waals surface area contributed by atoms with Gasteiger partial charge in [0.1, 0.15) is 12.2 Å². The highest BCUT2D eigenvalue weighted by Crippen LogP contribution is 2.27. The molecule has 4 N–H and O–H groups in total. The maximum absolute atomic E-state index is 11.8. The van der Waals surface area contributed by atoms with Crippen LogP contribution in [-0.4, -0.2) is 65.5 Å². The second-order valence-electron chi connectivity index (χ2n) is 4.77. The lowest BCUT2D eigenvalue weighted by molar-refractivity contribution is -0.184. The number of carbonyl (C=O) groups is 1. The summed E-state index contributed by atoms with van der Waals surface area (Å²) in [5.41, 5.74) is 0. The molecule has 2 rings (SSSR count). The average molecular weight is 271 g/mol. The van der Waals surface area contributed by atoms with E-state index in [2.05, 4.69) is 15.6 Å². The Morgan fingerprint density at radius 1 is 1.47 bits per heavy atom. The summed E-state index contributed by atoms with van der Waals surface area (Å²) in [5.74, 6) is 0.355. The Kier molecular flexibility index (Phi) is 4.38. The Labute approximate surface area is 112 Å². The Bertz CT molecular complexity index is 374. The summed E-state index contributed by atoms with van der Waals surface area (Å²) in [4.78, 5) is 16.0. The SMILES string of the molecule is CCN=C1C[C@H]2O[C@H](C(=O)NCC)[C@@H](O)[C@H](O)[C@H]2N1. The molecule has 7 heteroatoms. The zero-order chi connectivity index (χ0) is 14.0. The van der Waals surface area contributed by atoms with Crippen molar-refractivity contribution in [2.75, 3.05) is 13.1 Å². The standard InChI is InChI=1S/C12H21N3O4/c1-3-13-7-5-6-8(15-7)9(16)10(17)11(19-6)12(18)14-4-2/h6,8-11,16-17H,3-5H2,1-2H3,(H,13,15)(H,14,18)/t6-,8+,9-,10+,11+/m1/s1. The number of aliphatic imine (C=N–C) groups is 1. The van der Waals surface area contributed by atoms with Crippen molar-refractivity contribution < 1.29 is 19.7 Å². The van der Waals surface area contributed by atoms with Gasteiger partial charge in [-0.05, 0) is 13.8 Å². The molecule has 0 saturated carbocycles. The second-order valence-corrected chi connectivity index (χ2v) is 4.77. The lowest BCUT2D eigenvalue weighted by Gasteiger charge is -2.38. The Hall–Kier alpha value is -1.18. The van der Waals surface area contributed by atoms with Crippen LogP contribution >= 0.6 is 0 Å². The number of hydrogen-bond donors (Lipinski definition) is 4. The number of ether oxygens (including phenoxy) is 1. The normalized spacial score (nSPS) is 39.8. The molecule has 2 saturated heterocycles. The van der Waals surface area contributed by atoms with Gasteiger partial charge in [-0.3, -0.25) is 9.79 Å². The zero-order valence-corrected chi connectivity index (χ0v) is 11.2. The summed E-state index contributed by atoms with van der Waals surface area (Å²) < 4.78 is 5.62. The van der Waals surface area contributed by atoms with Crippen LogP contribution < -0.4 is 10.6 Å². The Morgan fingerprint density at radius 3 is 2.84 bits per heavy atom. The van der Waals surface area contributed by atoms with Crippen molar-refractivity contribution in [3.8, 4) is 0 Å². The third kappa shape index (κ3) is 2.72. The molecule has 1 amide bonds. The summed E-state index contributed by atoms with van der Waals surface area (Å²) >= 11 is 0. The van der Waals surface area contributed by atoms with Crippen LogP contribution in [0.2, 0.25) is 0 Å². The van der Waals surface area contributed by atoms with Crippen molar-refractivity contribution in [1.29, 1.82) is 0 Å². The fraction of sp³-hybridized carbons (Fsp3) is 0.833. The number of nitrogens with one attached hydrogen (secondary N) is 2. The van der Waals surface area contributed by atoms with Crippen molar-refractivity contribution in [2.24, 2.45) is 4.99 Å². The van der Waals surface area contributed by atoms with Gasteiger partial charge in [-0.15, -0.1) is 0 Å². The van der Waals surface area contributed by atoms with Crippen LogP contribution in [0.25, 0.3) is 0 Å². The summed E-state index contributed by atoms with van der Waals surface area (Å²) in [6.07, 6.45) is -3.12. The van der Waals surface area contributed by atoms with E-state index in [1.807, 2.05) is 6.92 Å². The molecule has 0 aromatic carbocycles. The molecule has 0 bridgehead atoms. The van der Waals surface area contributed by atoms with Gasteiger partial charge in [0, 0.05) is 19.5 Å². The van der Waals surface area contributed by atoms with Crippen molar-refractivity contribution in [3.05, 3.63) is 0 Å². The highest BCUT2D eigenvalue weighted by Gasteiger charge is 2.50. The molecule has 0 aliphatic carbocycles. The van der Waals surface area contributed by atoms with E-state index < -0.39 is 30.3 Å². The average Bonchev–Trinajstić information content (AvgIpc) is 2.77. The minimum atomic E-state index is -1.23. The van der Waals surface area contributed by atoms with E-state index >= 15 is 0 Å². The molecular weight excluding hydrogens is 250 g/mol. The van der Waals surface area contributed by atoms with Crippen LogP contribution in [0.4, 0.5) is 0 Å². The quantitative estimate of drug-likeness (QED) is 0.494. The number of carbonyl (C=O) groups excluding carboxylic acids is 1. The van der Waals surface area contributed by atoms with Crippen LogP contribution in [0.15, 0.2) is 4.99 Å². The molecule has 0 aromatic heterocycles. The van der Waals surface area contributed by atoms with Gasteiger partial charge in [-0.25, -0.2) is 0 Å². The van der Waals surface area contributed by atoms with Gasteiger partial charge in [0.15, 0.2) is 6.10 Å². The molecule has 0 unspecified atom stereocenters. The van der Waals surface area contributed by atoms with E-state index in [-0.39, 0.29) is 6.10 Å². The molecule has 2 heterocycles. The third-order valence-electron chi connectivity index (χ3n) is 3.44. The first-order chi connectivity index (χ1) is 9.08. The molecule has 5 atom stereocenters. The van der Waals surface area contributed by atoms with Gasteiger partial charge < -0.3 is 25.6 Å². The third-order valence-corrected chi connectivity index (χ3v) is 3.44. The van der Waals surface area contributed by atoms with Crippen LogP contribution in [0.5, 0.6) is 0 Å². The summed E-state index contributed by atoms with van der Waals surface area (Å²) in [5, 5.41) is 25.7. The molecule has 2 aliphatic heterocycles. The first kappa shape index (κ1) is 14.2. The molecule has 108 valence electrons. The van der Waals surface area contributed by atoms with E-state index in [1.165, 1.54) is 0 Å². The number of rotatable bonds is 3. The Balaban J connectivity index is 2.10. The molecule has 7 nitrogen and oxygen atoms in total. The van der Waals surface area contributed by atoms with Crippen LogP contribution in [0.1, 0.15) is 20.3 Å². The number of amides is 1. The van der Waals surface area contributed by atoms with Gasteiger partial charge in [0.05, 0.1) is 18.0 Å². The van der Waals surface area contributed by atoms with E-state index in [0.717, 1.165) is 5.84 Å². The highest BCUT2D eigenvalue weighted by atomic mass is 16.5. The van der Waals surface area contributed by atoms with Crippen LogP contribution in [-0.2, 0) is 9.53 Å².